The van der Waals surface area contributed by atoms with E-state index in [1.807, 2.05) is 19.9 Å². The highest BCUT2D eigenvalue weighted by atomic mass is 16.5. The first-order valence-corrected chi connectivity index (χ1v) is 8.97. The summed E-state index contributed by atoms with van der Waals surface area (Å²) in [5.41, 5.74) is 0.439. The summed E-state index contributed by atoms with van der Waals surface area (Å²) in [6.45, 7) is 3.96. The van der Waals surface area contributed by atoms with Gasteiger partial charge in [-0.25, -0.2) is 4.79 Å². The first-order valence-electron chi connectivity index (χ1n) is 8.97. The molecule has 1 heterocycles. The van der Waals surface area contributed by atoms with Crippen molar-refractivity contribution < 1.29 is 24.9 Å². The van der Waals surface area contributed by atoms with Crippen LogP contribution in [0.25, 0.3) is 0 Å². The number of aromatic hydroxyl groups is 2. The van der Waals surface area contributed by atoms with Gasteiger partial charge in [0.1, 0.15) is 23.2 Å². The van der Waals surface area contributed by atoms with Gasteiger partial charge in [-0.3, -0.25) is 0 Å². The topological polar surface area (TPSA) is 87.0 Å². The monoisotopic (exact) mass is 348 g/mol. The summed E-state index contributed by atoms with van der Waals surface area (Å²) in [7, 11) is 0. The van der Waals surface area contributed by atoms with Crippen LogP contribution < -0.4 is 0 Å². The molecular formula is C20H28O5. The molecule has 5 nitrogen and oxygen atoms in total. The zero-order valence-electron chi connectivity index (χ0n) is 14.9. The zero-order chi connectivity index (χ0) is 18.4. The van der Waals surface area contributed by atoms with E-state index in [1.165, 1.54) is 6.07 Å². The predicted octanol–water partition coefficient (Wildman–Crippen LogP) is 3.70. The number of carbonyl (C=O) groups is 1. The van der Waals surface area contributed by atoms with Crippen LogP contribution in [0.5, 0.6) is 11.5 Å². The number of fused-ring (bicyclic) bond motifs is 1. The molecule has 2 atom stereocenters. The molecule has 1 aliphatic heterocycles. The maximum absolute atomic E-state index is 12.7. The summed E-state index contributed by atoms with van der Waals surface area (Å²) in [5, 5.41) is 30.2. The standard InChI is InChI=1S/C20H28O5/c1-13(2)18-9-7-5-3-4-6-8-15(21)10-14-11-16(22)12-17(23)19(14)20(24)25-18/h5,7,11-13,15,18,21-23H,3-4,6,8-10H2,1-2H3/t15?,18-/m0/s1. The quantitative estimate of drug-likeness (QED) is 0.532. The molecule has 0 saturated carbocycles. The Kier molecular flexibility index (Phi) is 6.88. The minimum atomic E-state index is -0.638. The first kappa shape index (κ1) is 19.3. The summed E-state index contributed by atoms with van der Waals surface area (Å²) in [6.07, 6.45) is 7.40. The Morgan fingerprint density at radius 3 is 2.64 bits per heavy atom. The molecule has 25 heavy (non-hydrogen) atoms. The van der Waals surface area contributed by atoms with Gasteiger partial charge in [-0.15, -0.1) is 0 Å². The van der Waals surface area contributed by atoms with Crippen LogP contribution in [0.4, 0.5) is 0 Å². The molecule has 3 N–H and O–H groups in total. The van der Waals surface area contributed by atoms with E-state index in [1.54, 1.807) is 0 Å². The second-order valence-corrected chi connectivity index (χ2v) is 7.04. The third-order valence-electron chi connectivity index (χ3n) is 4.54. The summed E-state index contributed by atoms with van der Waals surface area (Å²) >= 11 is 0. The maximum Gasteiger partial charge on any atom is 0.342 e. The van der Waals surface area contributed by atoms with Crippen molar-refractivity contribution in [3.05, 3.63) is 35.4 Å². The Balaban J connectivity index is 2.37. The number of aliphatic hydroxyl groups is 1. The number of hydrogen-bond donors (Lipinski definition) is 3. The lowest BCUT2D eigenvalue weighted by Gasteiger charge is -2.22. The second-order valence-electron chi connectivity index (χ2n) is 7.04. The van der Waals surface area contributed by atoms with Crippen molar-refractivity contribution in [2.75, 3.05) is 0 Å². The van der Waals surface area contributed by atoms with E-state index in [0.717, 1.165) is 25.3 Å². The average Bonchev–Trinajstić information content (AvgIpc) is 2.51. The number of aliphatic hydroxyl groups excluding tert-OH is 1. The van der Waals surface area contributed by atoms with Crippen molar-refractivity contribution in [3.8, 4) is 11.5 Å². The van der Waals surface area contributed by atoms with E-state index in [9.17, 15) is 20.1 Å². The molecule has 0 aliphatic carbocycles. The van der Waals surface area contributed by atoms with Gasteiger partial charge in [0.15, 0.2) is 0 Å². The highest BCUT2D eigenvalue weighted by Crippen LogP contribution is 2.30. The van der Waals surface area contributed by atoms with Crippen LogP contribution in [-0.4, -0.2) is 33.5 Å². The Morgan fingerprint density at radius 1 is 1.16 bits per heavy atom. The molecule has 5 heteroatoms. The number of ether oxygens (including phenoxy) is 1. The van der Waals surface area contributed by atoms with Gasteiger partial charge in [0.25, 0.3) is 0 Å². The van der Waals surface area contributed by atoms with E-state index in [0.29, 0.717) is 18.4 Å². The predicted molar refractivity (Wildman–Crippen MR) is 95.7 cm³/mol. The van der Waals surface area contributed by atoms with Gasteiger partial charge in [-0.2, -0.15) is 0 Å². The average molecular weight is 348 g/mol. The van der Waals surface area contributed by atoms with Gasteiger partial charge in [0.05, 0.1) is 6.10 Å². The van der Waals surface area contributed by atoms with Gasteiger partial charge in [0, 0.05) is 12.5 Å². The van der Waals surface area contributed by atoms with Gasteiger partial charge in [-0.05, 0) is 43.2 Å². The lowest BCUT2D eigenvalue weighted by atomic mass is 9.96. The Labute approximate surface area is 149 Å². The van der Waals surface area contributed by atoms with E-state index >= 15 is 0 Å². The summed E-state index contributed by atoms with van der Waals surface area (Å²) in [4.78, 5) is 12.7. The van der Waals surface area contributed by atoms with E-state index in [4.69, 9.17) is 4.74 Å². The fourth-order valence-corrected chi connectivity index (χ4v) is 3.06. The molecule has 0 bridgehead atoms. The second kappa shape index (κ2) is 8.90. The van der Waals surface area contributed by atoms with Gasteiger partial charge in [-0.1, -0.05) is 32.4 Å². The molecule has 1 unspecified atom stereocenters. The van der Waals surface area contributed by atoms with Crippen LogP contribution in [0.3, 0.4) is 0 Å². The maximum atomic E-state index is 12.7. The van der Waals surface area contributed by atoms with Crippen LogP contribution in [-0.2, 0) is 11.2 Å². The molecule has 138 valence electrons. The van der Waals surface area contributed by atoms with E-state index < -0.39 is 12.1 Å². The number of hydrogen-bond acceptors (Lipinski definition) is 5. The molecule has 1 aliphatic rings. The molecule has 2 rings (SSSR count). The third-order valence-corrected chi connectivity index (χ3v) is 4.54. The van der Waals surface area contributed by atoms with Crippen molar-refractivity contribution in [1.29, 1.82) is 0 Å². The molecule has 0 fully saturated rings. The number of esters is 1. The summed E-state index contributed by atoms with van der Waals surface area (Å²) < 4.78 is 5.63. The van der Waals surface area contributed by atoms with Crippen molar-refractivity contribution in [3.63, 3.8) is 0 Å². The van der Waals surface area contributed by atoms with Gasteiger partial charge >= 0.3 is 5.97 Å². The number of carbonyl (C=O) groups excluding carboxylic acids is 1. The van der Waals surface area contributed by atoms with Crippen molar-refractivity contribution in [1.82, 2.24) is 0 Å². The highest BCUT2D eigenvalue weighted by molar-refractivity contribution is 5.94. The van der Waals surface area contributed by atoms with Crippen LogP contribution in [0, 0.1) is 5.92 Å². The number of benzene rings is 1. The van der Waals surface area contributed by atoms with Crippen LogP contribution in [0.1, 0.15) is 61.9 Å². The van der Waals surface area contributed by atoms with Crippen LogP contribution in [0.2, 0.25) is 0 Å². The van der Waals surface area contributed by atoms with Crippen LogP contribution in [0.15, 0.2) is 24.3 Å². The number of allylic oxidation sites excluding steroid dienone is 1. The van der Waals surface area contributed by atoms with Gasteiger partial charge < -0.3 is 20.1 Å². The normalized spacial score (nSPS) is 23.0. The molecular weight excluding hydrogens is 320 g/mol. The lowest BCUT2D eigenvalue weighted by molar-refractivity contribution is 0.0188. The lowest BCUT2D eigenvalue weighted by Crippen LogP contribution is -2.24. The fraction of sp³-hybridized carbons (Fsp3) is 0.550. The Hall–Kier alpha value is -2.01. The summed E-state index contributed by atoms with van der Waals surface area (Å²) in [6, 6.07) is 2.54. The molecule has 0 aromatic heterocycles. The molecule has 0 amide bonds. The Morgan fingerprint density at radius 2 is 1.92 bits per heavy atom. The highest BCUT2D eigenvalue weighted by Gasteiger charge is 2.25. The van der Waals surface area contributed by atoms with Crippen molar-refractivity contribution in [2.45, 2.75) is 64.6 Å². The van der Waals surface area contributed by atoms with E-state index in [-0.39, 0.29) is 35.5 Å². The molecule has 1 aromatic rings. The molecule has 1 aromatic carbocycles. The largest absolute Gasteiger partial charge is 0.508 e. The Bertz CT molecular complexity index is 621. The first-order chi connectivity index (χ1) is 11.9. The number of phenols is 2. The minimum absolute atomic E-state index is 0.0311. The van der Waals surface area contributed by atoms with Crippen LogP contribution >= 0.6 is 0 Å². The van der Waals surface area contributed by atoms with Gasteiger partial charge in [0.2, 0.25) is 0 Å². The molecule has 0 saturated heterocycles. The summed E-state index contributed by atoms with van der Waals surface area (Å²) in [5.74, 6) is -0.947. The van der Waals surface area contributed by atoms with E-state index in [2.05, 4.69) is 6.08 Å². The zero-order valence-corrected chi connectivity index (χ0v) is 14.9. The number of cyclic esters (lactones) is 1. The number of phenolic OH excluding ortho intramolecular Hbond substituents is 2. The minimum Gasteiger partial charge on any atom is -0.508 e. The molecule has 0 spiro atoms. The van der Waals surface area contributed by atoms with Crippen molar-refractivity contribution in [2.24, 2.45) is 5.92 Å². The van der Waals surface area contributed by atoms with Crippen molar-refractivity contribution >= 4 is 5.97 Å². The fourth-order valence-electron chi connectivity index (χ4n) is 3.06. The SMILES string of the molecule is CC(C)[C@@H]1CC=CCCCCC(O)Cc2cc(O)cc(O)c2C(=O)O1. The molecule has 0 radical (unpaired) electrons. The number of rotatable bonds is 1. The third kappa shape index (κ3) is 5.49. The smallest absolute Gasteiger partial charge is 0.342 e.